The van der Waals surface area contributed by atoms with Crippen molar-refractivity contribution in [3.05, 3.63) is 65.4 Å². The summed E-state index contributed by atoms with van der Waals surface area (Å²) in [6.45, 7) is 1.65. The number of amides is 2. The van der Waals surface area contributed by atoms with Crippen molar-refractivity contribution in [1.29, 1.82) is 0 Å². The Hall–Kier alpha value is -3.16. The second-order valence-corrected chi connectivity index (χ2v) is 6.53. The number of anilines is 1. The summed E-state index contributed by atoms with van der Waals surface area (Å²) in [5, 5.41) is 12.6. The maximum Gasteiger partial charge on any atom is 0.274 e. The Labute approximate surface area is 155 Å². The van der Waals surface area contributed by atoms with Crippen LogP contribution in [0.2, 0.25) is 0 Å². The number of nitrogens with zero attached hydrogens (tertiary/aromatic N) is 1. The summed E-state index contributed by atoms with van der Waals surface area (Å²) in [5.41, 5.74) is 4.60. The highest BCUT2D eigenvalue weighted by Gasteiger charge is 2.23. The fraction of sp³-hybridized carbons (Fsp3) is 0.200. The second-order valence-electron chi connectivity index (χ2n) is 6.53. The number of para-hydroxylation sites is 1. The average molecular weight is 365 g/mol. The zero-order valence-corrected chi connectivity index (χ0v) is 14.6. The number of fused-ring (bicyclic) bond motifs is 3. The van der Waals surface area contributed by atoms with Gasteiger partial charge in [-0.2, -0.15) is 0 Å². The molecule has 0 aliphatic carbocycles. The van der Waals surface area contributed by atoms with Gasteiger partial charge in [0.25, 0.3) is 5.91 Å². The second kappa shape index (κ2) is 7.22. The molecule has 1 aliphatic heterocycles. The lowest BCUT2D eigenvalue weighted by Gasteiger charge is -2.25. The highest BCUT2D eigenvalue weighted by Crippen LogP contribution is 2.30. The maximum atomic E-state index is 12.3. The van der Waals surface area contributed by atoms with Gasteiger partial charge in [-0.15, -0.1) is 0 Å². The van der Waals surface area contributed by atoms with E-state index >= 15 is 0 Å². The van der Waals surface area contributed by atoms with E-state index in [1.807, 2.05) is 23.1 Å². The van der Waals surface area contributed by atoms with Crippen LogP contribution in [0.4, 0.5) is 5.69 Å². The summed E-state index contributed by atoms with van der Waals surface area (Å²) >= 11 is 0. The first-order valence-electron chi connectivity index (χ1n) is 8.70. The van der Waals surface area contributed by atoms with E-state index in [4.69, 9.17) is 9.62 Å². The number of nitrogens with one attached hydrogen (secondary N) is 2. The van der Waals surface area contributed by atoms with Crippen LogP contribution in [0.1, 0.15) is 21.7 Å². The van der Waals surface area contributed by atoms with Crippen molar-refractivity contribution in [2.24, 2.45) is 0 Å². The molecule has 7 nitrogen and oxygen atoms in total. The number of hydrogen-bond donors (Lipinski definition) is 3. The van der Waals surface area contributed by atoms with E-state index in [1.165, 1.54) is 17.7 Å². The minimum atomic E-state index is -0.595. The van der Waals surface area contributed by atoms with Gasteiger partial charge >= 0.3 is 0 Å². The highest BCUT2D eigenvalue weighted by molar-refractivity contribution is 5.95. The summed E-state index contributed by atoms with van der Waals surface area (Å²) < 4.78 is 5.94. The Kier molecular flexibility index (Phi) is 4.62. The molecule has 0 unspecified atom stereocenters. The third kappa shape index (κ3) is 3.55. The van der Waals surface area contributed by atoms with Crippen LogP contribution >= 0.6 is 0 Å². The van der Waals surface area contributed by atoms with E-state index in [1.54, 1.807) is 17.6 Å². The number of carbonyl (C=O) groups is 2. The van der Waals surface area contributed by atoms with E-state index in [9.17, 15) is 9.59 Å². The summed E-state index contributed by atoms with van der Waals surface area (Å²) in [5.74, 6) is 0.200. The molecule has 0 bridgehead atoms. The summed E-state index contributed by atoms with van der Waals surface area (Å²) in [6, 6.07) is 14.3. The Balaban J connectivity index is 1.38. The molecule has 0 spiro atoms. The molecule has 2 aromatic carbocycles. The fourth-order valence-corrected chi connectivity index (χ4v) is 3.41. The van der Waals surface area contributed by atoms with Gasteiger partial charge < -0.3 is 9.73 Å². The highest BCUT2D eigenvalue weighted by atomic mass is 16.5. The van der Waals surface area contributed by atoms with Gasteiger partial charge in [-0.05, 0) is 36.8 Å². The van der Waals surface area contributed by atoms with Gasteiger partial charge in [0.05, 0.1) is 13.1 Å². The molecular weight excluding hydrogens is 346 g/mol. The van der Waals surface area contributed by atoms with Gasteiger partial charge in [-0.3, -0.25) is 19.7 Å². The molecular formula is C20H19N3O4. The lowest BCUT2D eigenvalue weighted by molar-refractivity contribution is -0.117. The number of hydrogen-bond acceptors (Lipinski definition) is 5. The van der Waals surface area contributed by atoms with E-state index in [-0.39, 0.29) is 12.5 Å². The first-order chi connectivity index (χ1) is 13.1. The van der Waals surface area contributed by atoms with E-state index in [0.717, 1.165) is 29.7 Å². The van der Waals surface area contributed by atoms with Crippen molar-refractivity contribution in [2.45, 2.75) is 13.0 Å². The van der Waals surface area contributed by atoms with Crippen molar-refractivity contribution in [1.82, 2.24) is 10.4 Å². The molecule has 1 aliphatic rings. The van der Waals surface area contributed by atoms with Crippen molar-refractivity contribution >= 4 is 28.5 Å². The van der Waals surface area contributed by atoms with Gasteiger partial charge in [0.15, 0.2) is 0 Å². The first kappa shape index (κ1) is 17.3. The minimum absolute atomic E-state index is 0.131. The molecule has 0 saturated heterocycles. The van der Waals surface area contributed by atoms with Crippen LogP contribution in [0, 0.1) is 0 Å². The van der Waals surface area contributed by atoms with Crippen LogP contribution in [0.15, 0.2) is 52.9 Å². The van der Waals surface area contributed by atoms with Gasteiger partial charge in [0, 0.05) is 28.7 Å². The van der Waals surface area contributed by atoms with E-state index in [0.29, 0.717) is 17.8 Å². The molecule has 3 N–H and O–H groups in total. The summed E-state index contributed by atoms with van der Waals surface area (Å²) in [6.07, 6.45) is 0.852. The predicted octanol–water partition coefficient (Wildman–Crippen LogP) is 2.55. The molecule has 27 heavy (non-hydrogen) atoms. The standard InChI is InChI=1S/C20H19N3O4/c24-19(21-14-7-5-13(6-8-14)20(25)22-26)12-23-10-9-16-15-3-1-2-4-17(15)27-18(16)11-23/h1-8,26H,9-12H2,(H,21,24)(H,22,25). The van der Waals surface area contributed by atoms with Gasteiger partial charge in [-0.25, -0.2) is 5.48 Å². The normalized spacial score (nSPS) is 14.0. The fourth-order valence-electron chi connectivity index (χ4n) is 3.41. The molecule has 3 aromatic rings. The van der Waals surface area contributed by atoms with Crippen LogP contribution in [0.25, 0.3) is 11.0 Å². The van der Waals surface area contributed by atoms with Crippen LogP contribution in [0.5, 0.6) is 0 Å². The van der Waals surface area contributed by atoms with Crippen molar-refractivity contribution in [2.75, 3.05) is 18.4 Å². The van der Waals surface area contributed by atoms with Crippen LogP contribution < -0.4 is 10.8 Å². The number of benzene rings is 2. The monoisotopic (exact) mass is 365 g/mol. The minimum Gasteiger partial charge on any atom is -0.459 e. The zero-order valence-electron chi connectivity index (χ0n) is 14.6. The molecule has 1 aromatic heterocycles. The maximum absolute atomic E-state index is 12.3. The van der Waals surface area contributed by atoms with Gasteiger partial charge in [-0.1, -0.05) is 18.2 Å². The Morgan fingerprint density at radius 2 is 1.89 bits per heavy atom. The molecule has 7 heteroatoms. The van der Waals surface area contributed by atoms with Crippen molar-refractivity contribution in [3.63, 3.8) is 0 Å². The average Bonchev–Trinajstić information content (AvgIpc) is 3.05. The smallest absolute Gasteiger partial charge is 0.274 e. The largest absolute Gasteiger partial charge is 0.459 e. The van der Waals surface area contributed by atoms with Gasteiger partial charge in [0.2, 0.25) is 5.91 Å². The molecule has 2 heterocycles. The lowest BCUT2D eigenvalue weighted by atomic mass is 10.0. The van der Waals surface area contributed by atoms with Gasteiger partial charge in [0.1, 0.15) is 11.3 Å². The molecule has 138 valence electrons. The molecule has 0 atom stereocenters. The molecule has 0 fully saturated rings. The quantitative estimate of drug-likeness (QED) is 0.488. The molecule has 2 amide bonds. The van der Waals surface area contributed by atoms with Crippen molar-refractivity contribution < 1.29 is 19.2 Å². The van der Waals surface area contributed by atoms with Crippen LogP contribution in [0.3, 0.4) is 0 Å². The van der Waals surface area contributed by atoms with Crippen LogP contribution in [-0.2, 0) is 17.8 Å². The number of carbonyl (C=O) groups excluding carboxylic acids is 2. The topological polar surface area (TPSA) is 94.8 Å². The predicted molar refractivity (Wildman–Crippen MR) is 99.5 cm³/mol. The molecule has 0 radical (unpaired) electrons. The van der Waals surface area contributed by atoms with E-state index in [2.05, 4.69) is 11.4 Å². The molecule has 0 saturated carbocycles. The molecule has 4 rings (SSSR count). The summed E-state index contributed by atoms with van der Waals surface area (Å²) in [4.78, 5) is 25.7. The number of furan rings is 1. The third-order valence-corrected chi connectivity index (χ3v) is 4.73. The summed E-state index contributed by atoms with van der Waals surface area (Å²) in [7, 11) is 0. The Morgan fingerprint density at radius 1 is 1.11 bits per heavy atom. The lowest BCUT2D eigenvalue weighted by Crippen LogP contribution is -2.36. The van der Waals surface area contributed by atoms with Crippen molar-refractivity contribution in [3.8, 4) is 0 Å². The zero-order chi connectivity index (χ0) is 18.8. The Morgan fingerprint density at radius 3 is 2.67 bits per heavy atom. The van der Waals surface area contributed by atoms with E-state index < -0.39 is 5.91 Å². The SMILES string of the molecule is O=C(CN1CCc2c(oc3ccccc23)C1)Nc1ccc(C(=O)NO)cc1. The number of hydroxylamine groups is 1. The van der Waals surface area contributed by atoms with Crippen LogP contribution in [-0.4, -0.2) is 35.0 Å². The third-order valence-electron chi connectivity index (χ3n) is 4.73. The first-order valence-corrected chi connectivity index (χ1v) is 8.70. The Bertz CT molecular complexity index is 994. The number of rotatable bonds is 4.